The van der Waals surface area contributed by atoms with Crippen molar-refractivity contribution in [2.45, 2.75) is 44.2 Å². The van der Waals surface area contributed by atoms with Gasteiger partial charge in [0.05, 0.1) is 18.4 Å². The Morgan fingerprint density at radius 3 is 2.70 bits per heavy atom. The third-order valence-electron chi connectivity index (χ3n) is 5.95. The smallest absolute Gasteiger partial charge is 0.254 e. The Balaban J connectivity index is 1.57. The molecule has 1 aromatic carbocycles. The number of ether oxygens (including phenoxy) is 1. The zero-order valence-electron chi connectivity index (χ0n) is 17.3. The average molecular weight is 402 g/mol. The van der Waals surface area contributed by atoms with E-state index in [4.69, 9.17) is 11.2 Å². The second kappa shape index (κ2) is 9.15. The van der Waals surface area contributed by atoms with Gasteiger partial charge in [0, 0.05) is 24.9 Å². The number of aromatic nitrogens is 2. The molecule has 3 aromatic rings. The molecule has 5 nitrogen and oxygen atoms in total. The molecule has 1 saturated carbocycles. The van der Waals surface area contributed by atoms with E-state index in [9.17, 15) is 4.79 Å². The summed E-state index contributed by atoms with van der Waals surface area (Å²) in [4.78, 5) is 19.5. The first-order valence-electron chi connectivity index (χ1n) is 10.5. The predicted octanol–water partition coefficient (Wildman–Crippen LogP) is 4.48. The number of amides is 1. The van der Waals surface area contributed by atoms with Crippen LogP contribution in [0, 0.1) is 12.3 Å². The number of carbonyl (C=O) groups excluding carboxylic acids is 1. The Bertz CT molecular complexity index is 1040. The number of terminal acetylenes is 1. The third kappa shape index (κ3) is 3.96. The summed E-state index contributed by atoms with van der Waals surface area (Å²) in [6.45, 7) is 0.355. The molecule has 0 bridgehead atoms. The van der Waals surface area contributed by atoms with E-state index in [1.54, 1.807) is 7.11 Å². The second-order valence-electron chi connectivity index (χ2n) is 7.78. The summed E-state index contributed by atoms with van der Waals surface area (Å²) in [5.74, 6) is 2.67. The highest BCUT2D eigenvalue weighted by Gasteiger charge is 2.26. The summed E-state index contributed by atoms with van der Waals surface area (Å²) < 4.78 is 7.81. The zero-order chi connectivity index (χ0) is 20.9. The van der Waals surface area contributed by atoms with E-state index in [0.717, 1.165) is 42.6 Å². The largest absolute Gasteiger partial charge is 0.370 e. The summed E-state index contributed by atoms with van der Waals surface area (Å²) in [5.41, 5.74) is 3.45. The molecule has 1 aliphatic rings. The maximum Gasteiger partial charge on any atom is 0.254 e. The van der Waals surface area contributed by atoms with Gasteiger partial charge in [-0.25, -0.2) is 4.98 Å². The molecule has 0 spiro atoms. The highest BCUT2D eigenvalue weighted by molar-refractivity contribution is 5.94. The molecule has 0 radical (unpaired) electrons. The van der Waals surface area contributed by atoms with Gasteiger partial charge in [0.25, 0.3) is 5.91 Å². The molecule has 30 heavy (non-hydrogen) atoms. The minimum atomic E-state index is -0.272. The van der Waals surface area contributed by atoms with E-state index < -0.39 is 0 Å². The van der Waals surface area contributed by atoms with Crippen LogP contribution in [0.15, 0.2) is 54.9 Å². The van der Waals surface area contributed by atoms with Crippen molar-refractivity contribution in [3.8, 4) is 12.3 Å². The van der Waals surface area contributed by atoms with Gasteiger partial charge in [-0.05, 0) is 42.7 Å². The molecular weight excluding hydrogens is 374 g/mol. The molecule has 0 N–H and O–H groups in total. The van der Waals surface area contributed by atoms with E-state index in [0.29, 0.717) is 12.1 Å². The fourth-order valence-corrected chi connectivity index (χ4v) is 4.40. The summed E-state index contributed by atoms with van der Waals surface area (Å²) in [6, 6.07) is 13.8. The Morgan fingerprint density at radius 2 is 2.00 bits per heavy atom. The molecule has 0 saturated heterocycles. The lowest BCUT2D eigenvalue weighted by molar-refractivity contribution is 0.0667. The predicted molar refractivity (Wildman–Crippen MR) is 117 cm³/mol. The van der Waals surface area contributed by atoms with E-state index in [2.05, 4.69) is 10.9 Å². The lowest BCUT2D eigenvalue weighted by atomic mass is 9.93. The first-order chi connectivity index (χ1) is 14.7. The summed E-state index contributed by atoms with van der Waals surface area (Å²) in [7, 11) is 1.68. The van der Waals surface area contributed by atoms with Crippen molar-refractivity contribution in [2.24, 2.45) is 0 Å². The Labute approximate surface area is 177 Å². The van der Waals surface area contributed by atoms with Crippen molar-refractivity contribution >= 4 is 11.6 Å². The fourth-order valence-electron chi connectivity index (χ4n) is 4.40. The number of benzene rings is 1. The Hall–Kier alpha value is -3.10. The fraction of sp³-hybridized carbons (Fsp3) is 0.360. The van der Waals surface area contributed by atoms with Crippen LogP contribution < -0.4 is 0 Å². The van der Waals surface area contributed by atoms with Crippen molar-refractivity contribution in [2.75, 3.05) is 13.7 Å². The summed E-state index contributed by atoms with van der Waals surface area (Å²) >= 11 is 0. The van der Waals surface area contributed by atoms with Crippen LogP contribution in [0.2, 0.25) is 0 Å². The number of fused-ring (bicyclic) bond motifs is 1. The van der Waals surface area contributed by atoms with Gasteiger partial charge in [0.15, 0.2) is 0 Å². The van der Waals surface area contributed by atoms with Gasteiger partial charge >= 0.3 is 0 Å². The monoisotopic (exact) mass is 401 g/mol. The van der Waals surface area contributed by atoms with Gasteiger partial charge < -0.3 is 14.0 Å². The third-order valence-corrected chi connectivity index (χ3v) is 5.95. The molecule has 1 fully saturated rings. The van der Waals surface area contributed by atoms with E-state index in [-0.39, 0.29) is 18.1 Å². The molecular formula is C25H27N3O2. The molecule has 0 aliphatic heterocycles. The SMILES string of the molecule is C#CCN(C(=O)c1ccc(C(OC)c2cnc3ccccn23)cc1)C1CCCCC1. The standard InChI is InChI=1S/C25H27N3O2/c1-3-16-27(21-9-5-4-6-10-21)25(29)20-14-12-19(13-15-20)24(30-2)22-18-26-23-11-7-8-17-28(22)23/h1,7-8,11-15,17-18,21,24H,4-6,9-10,16H2,2H3. The number of hydrogen-bond donors (Lipinski definition) is 0. The number of methoxy groups -OCH3 is 1. The van der Waals surface area contributed by atoms with Crippen LogP contribution in [-0.4, -0.2) is 39.9 Å². The molecule has 1 atom stereocenters. The lowest BCUT2D eigenvalue weighted by Gasteiger charge is -2.33. The maximum absolute atomic E-state index is 13.2. The molecule has 1 unspecified atom stereocenters. The van der Waals surface area contributed by atoms with Crippen molar-refractivity contribution in [1.82, 2.24) is 14.3 Å². The number of imidazole rings is 1. The van der Waals surface area contributed by atoms with Crippen LogP contribution in [0.5, 0.6) is 0 Å². The Morgan fingerprint density at radius 1 is 1.23 bits per heavy atom. The highest BCUT2D eigenvalue weighted by atomic mass is 16.5. The molecule has 2 heterocycles. The van der Waals surface area contributed by atoms with Crippen LogP contribution in [0.25, 0.3) is 5.65 Å². The molecule has 1 amide bonds. The molecule has 4 rings (SSSR count). The number of rotatable bonds is 6. The van der Waals surface area contributed by atoms with Gasteiger partial charge in [-0.15, -0.1) is 6.42 Å². The van der Waals surface area contributed by atoms with E-state index >= 15 is 0 Å². The lowest BCUT2D eigenvalue weighted by Crippen LogP contribution is -2.41. The maximum atomic E-state index is 13.2. The van der Waals surface area contributed by atoms with Crippen molar-refractivity contribution in [1.29, 1.82) is 0 Å². The molecule has 2 aromatic heterocycles. The Kier molecular flexibility index (Phi) is 6.15. The number of carbonyl (C=O) groups is 1. The van der Waals surface area contributed by atoms with Gasteiger partial charge in [0.1, 0.15) is 11.8 Å². The summed E-state index contributed by atoms with van der Waals surface area (Å²) in [5, 5.41) is 0. The molecule has 5 heteroatoms. The average Bonchev–Trinajstić information content (AvgIpc) is 3.23. The molecule has 1 aliphatic carbocycles. The second-order valence-corrected chi connectivity index (χ2v) is 7.78. The number of pyridine rings is 1. The van der Waals surface area contributed by atoms with E-state index in [1.807, 2.05) is 64.2 Å². The quantitative estimate of drug-likeness (QED) is 0.572. The van der Waals surface area contributed by atoms with Crippen LogP contribution in [0.1, 0.15) is 59.8 Å². The molecule has 154 valence electrons. The van der Waals surface area contributed by atoms with Gasteiger partial charge in [-0.1, -0.05) is 43.4 Å². The van der Waals surface area contributed by atoms with Gasteiger partial charge in [0.2, 0.25) is 0 Å². The van der Waals surface area contributed by atoms with Gasteiger partial charge in [-0.3, -0.25) is 4.79 Å². The van der Waals surface area contributed by atoms with Crippen molar-refractivity contribution < 1.29 is 9.53 Å². The topological polar surface area (TPSA) is 46.8 Å². The first kappa shape index (κ1) is 20.2. The van der Waals surface area contributed by atoms with Crippen molar-refractivity contribution in [3.63, 3.8) is 0 Å². The minimum absolute atomic E-state index is 0.00942. The van der Waals surface area contributed by atoms with Crippen LogP contribution in [0.4, 0.5) is 0 Å². The minimum Gasteiger partial charge on any atom is -0.370 e. The summed E-state index contributed by atoms with van der Waals surface area (Å²) in [6.07, 6.45) is 14.7. The van der Waals surface area contributed by atoms with Crippen molar-refractivity contribution in [3.05, 3.63) is 71.7 Å². The highest BCUT2D eigenvalue weighted by Crippen LogP contribution is 2.28. The van der Waals surface area contributed by atoms with Crippen LogP contribution >= 0.6 is 0 Å². The van der Waals surface area contributed by atoms with Crippen LogP contribution in [0.3, 0.4) is 0 Å². The van der Waals surface area contributed by atoms with Crippen LogP contribution in [-0.2, 0) is 4.74 Å². The normalized spacial score (nSPS) is 15.6. The van der Waals surface area contributed by atoms with Gasteiger partial charge in [-0.2, -0.15) is 0 Å². The number of hydrogen-bond acceptors (Lipinski definition) is 3. The zero-order valence-corrected chi connectivity index (χ0v) is 17.3. The van der Waals surface area contributed by atoms with E-state index in [1.165, 1.54) is 6.42 Å². The first-order valence-corrected chi connectivity index (χ1v) is 10.5. The number of nitrogens with zero attached hydrogens (tertiary/aromatic N) is 3.